The van der Waals surface area contributed by atoms with Gasteiger partial charge in [-0.3, -0.25) is 0 Å². The van der Waals surface area contributed by atoms with E-state index in [1.807, 2.05) is 0 Å². The molecule has 5 nitrogen and oxygen atoms in total. The van der Waals surface area contributed by atoms with Crippen molar-refractivity contribution in [3.8, 4) is 5.75 Å². The molecule has 1 aromatic rings. The van der Waals surface area contributed by atoms with E-state index in [2.05, 4.69) is 0 Å². The molecule has 0 aromatic heterocycles. The summed E-state index contributed by atoms with van der Waals surface area (Å²) in [7, 11) is 0. The van der Waals surface area contributed by atoms with E-state index in [9.17, 15) is 4.79 Å². The van der Waals surface area contributed by atoms with Crippen LogP contribution >= 0.6 is 0 Å². The summed E-state index contributed by atoms with van der Waals surface area (Å²) in [6.45, 7) is 0. The van der Waals surface area contributed by atoms with E-state index in [1.165, 1.54) is 12.1 Å². The molecular formula is C8H11NO4. The third-order valence-electron chi connectivity index (χ3n) is 1.47. The fourth-order valence-corrected chi connectivity index (χ4v) is 0.852. The first-order chi connectivity index (χ1) is 5.63. The third-order valence-corrected chi connectivity index (χ3v) is 1.47. The van der Waals surface area contributed by atoms with Crippen LogP contribution in [0, 0.1) is 0 Å². The summed E-state index contributed by atoms with van der Waals surface area (Å²) in [6, 6.07) is 5.77. The number of carboxylic acid groups (broad SMARTS) is 1. The molecule has 0 fully saturated rings. The van der Waals surface area contributed by atoms with Crippen LogP contribution in [0.4, 0.5) is 0 Å². The van der Waals surface area contributed by atoms with Gasteiger partial charge in [0.25, 0.3) is 0 Å². The molecule has 0 aliphatic heterocycles. The van der Waals surface area contributed by atoms with Crippen LogP contribution in [0.5, 0.6) is 5.75 Å². The van der Waals surface area contributed by atoms with Gasteiger partial charge in [-0.25, -0.2) is 4.79 Å². The van der Waals surface area contributed by atoms with Crippen molar-refractivity contribution in [1.82, 2.24) is 6.15 Å². The minimum atomic E-state index is -1.66. The highest BCUT2D eigenvalue weighted by Gasteiger charge is 2.18. The van der Waals surface area contributed by atoms with Gasteiger partial charge in [-0.1, -0.05) is 18.2 Å². The van der Waals surface area contributed by atoms with Crippen molar-refractivity contribution in [2.75, 3.05) is 0 Å². The minimum Gasteiger partial charge on any atom is -0.508 e. The molecule has 0 saturated heterocycles. The number of phenols is 1. The summed E-state index contributed by atoms with van der Waals surface area (Å²) in [5.74, 6) is -1.59. The molecule has 5 heteroatoms. The number of carboxylic acids is 1. The Labute approximate surface area is 74.8 Å². The first kappa shape index (κ1) is 11.4. The topological polar surface area (TPSA) is 113 Å². The van der Waals surface area contributed by atoms with Gasteiger partial charge < -0.3 is 21.5 Å². The standard InChI is InChI=1S/C8H8O4.H3N/c9-6-4-2-1-3-5(6)7(10)8(11)12;/h1-4,7,9-10H,(H,11,12);1H3/t7-;/m1./s1. The number of aromatic hydroxyl groups is 1. The van der Waals surface area contributed by atoms with Crippen LogP contribution in [-0.2, 0) is 4.79 Å². The van der Waals surface area contributed by atoms with Gasteiger partial charge in [0.1, 0.15) is 5.75 Å². The Morgan fingerprint density at radius 3 is 2.31 bits per heavy atom. The van der Waals surface area contributed by atoms with E-state index in [0.29, 0.717) is 0 Å². The zero-order chi connectivity index (χ0) is 9.14. The molecule has 0 aliphatic carbocycles. The summed E-state index contributed by atoms with van der Waals surface area (Å²) in [5.41, 5.74) is 0.00463. The fraction of sp³-hybridized carbons (Fsp3) is 0.125. The largest absolute Gasteiger partial charge is 0.508 e. The van der Waals surface area contributed by atoms with Crippen molar-refractivity contribution >= 4 is 5.97 Å². The van der Waals surface area contributed by atoms with E-state index in [0.717, 1.165) is 0 Å². The van der Waals surface area contributed by atoms with Gasteiger partial charge in [0, 0.05) is 5.56 Å². The maximum Gasteiger partial charge on any atom is 0.337 e. The SMILES string of the molecule is N.O=C(O)[C@H](O)c1ccccc1O. The Balaban J connectivity index is 0.00000144. The van der Waals surface area contributed by atoms with Gasteiger partial charge in [-0.2, -0.15) is 0 Å². The predicted octanol–water partition coefficient (Wildman–Crippen LogP) is 0.672. The molecule has 1 aromatic carbocycles. The van der Waals surface area contributed by atoms with Crippen molar-refractivity contribution < 1.29 is 20.1 Å². The lowest BCUT2D eigenvalue weighted by atomic mass is 10.1. The van der Waals surface area contributed by atoms with Crippen molar-refractivity contribution in [3.05, 3.63) is 29.8 Å². The van der Waals surface area contributed by atoms with Crippen molar-refractivity contribution in [2.45, 2.75) is 6.10 Å². The first-order valence-corrected chi connectivity index (χ1v) is 3.31. The second kappa shape index (κ2) is 4.44. The van der Waals surface area contributed by atoms with E-state index in [-0.39, 0.29) is 17.5 Å². The number of para-hydroxylation sites is 1. The number of phenolic OH excluding ortho intramolecular Hbond substituents is 1. The number of benzene rings is 1. The number of hydrogen-bond acceptors (Lipinski definition) is 4. The van der Waals surface area contributed by atoms with E-state index in [4.69, 9.17) is 15.3 Å². The van der Waals surface area contributed by atoms with Crippen molar-refractivity contribution in [2.24, 2.45) is 0 Å². The van der Waals surface area contributed by atoms with Crippen LogP contribution in [0.1, 0.15) is 11.7 Å². The molecule has 0 bridgehead atoms. The Morgan fingerprint density at radius 2 is 1.85 bits per heavy atom. The lowest BCUT2D eigenvalue weighted by molar-refractivity contribution is -0.147. The van der Waals surface area contributed by atoms with E-state index in [1.54, 1.807) is 12.1 Å². The van der Waals surface area contributed by atoms with E-state index >= 15 is 0 Å². The van der Waals surface area contributed by atoms with Gasteiger partial charge in [0.15, 0.2) is 6.10 Å². The van der Waals surface area contributed by atoms with Crippen LogP contribution in [0.25, 0.3) is 0 Å². The van der Waals surface area contributed by atoms with Gasteiger partial charge >= 0.3 is 5.97 Å². The molecule has 0 saturated carbocycles. The van der Waals surface area contributed by atoms with Gasteiger partial charge in [0.05, 0.1) is 0 Å². The molecule has 0 amide bonds. The minimum absolute atomic E-state index is 0. The highest BCUT2D eigenvalue weighted by atomic mass is 16.4. The molecule has 6 N–H and O–H groups in total. The number of aliphatic hydroxyl groups is 1. The van der Waals surface area contributed by atoms with Crippen molar-refractivity contribution in [3.63, 3.8) is 0 Å². The maximum absolute atomic E-state index is 10.3. The summed E-state index contributed by atoms with van der Waals surface area (Å²) >= 11 is 0. The number of hydrogen-bond donors (Lipinski definition) is 4. The quantitative estimate of drug-likeness (QED) is 0.541. The van der Waals surface area contributed by atoms with Crippen LogP contribution in [0.2, 0.25) is 0 Å². The molecule has 0 unspecified atom stereocenters. The molecule has 1 atom stereocenters. The Bertz CT molecular complexity index is 300. The number of rotatable bonds is 2. The number of aliphatic hydroxyl groups excluding tert-OH is 1. The van der Waals surface area contributed by atoms with Gasteiger partial charge in [0.2, 0.25) is 0 Å². The second-order valence-corrected chi connectivity index (χ2v) is 2.30. The second-order valence-electron chi connectivity index (χ2n) is 2.30. The van der Waals surface area contributed by atoms with Crippen LogP contribution in [0.3, 0.4) is 0 Å². The fourth-order valence-electron chi connectivity index (χ4n) is 0.852. The number of aliphatic carboxylic acids is 1. The molecule has 13 heavy (non-hydrogen) atoms. The molecule has 0 spiro atoms. The smallest absolute Gasteiger partial charge is 0.337 e. The molecule has 0 heterocycles. The highest BCUT2D eigenvalue weighted by Crippen LogP contribution is 2.23. The first-order valence-electron chi connectivity index (χ1n) is 3.31. The van der Waals surface area contributed by atoms with Gasteiger partial charge in [-0.05, 0) is 6.07 Å². The van der Waals surface area contributed by atoms with Crippen LogP contribution < -0.4 is 6.15 Å². The molecular weight excluding hydrogens is 174 g/mol. The lowest BCUT2D eigenvalue weighted by Gasteiger charge is -2.06. The highest BCUT2D eigenvalue weighted by molar-refractivity contribution is 5.75. The average molecular weight is 185 g/mol. The zero-order valence-electron chi connectivity index (χ0n) is 6.84. The average Bonchev–Trinajstić information content (AvgIpc) is 2.04. The van der Waals surface area contributed by atoms with Crippen LogP contribution in [-0.4, -0.2) is 21.3 Å². The van der Waals surface area contributed by atoms with Crippen molar-refractivity contribution in [1.29, 1.82) is 0 Å². The predicted molar refractivity (Wildman–Crippen MR) is 45.7 cm³/mol. The third kappa shape index (κ3) is 2.43. The monoisotopic (exact) mass is 185 g/mol. The summed E-state index contributed by atoms with van der Waals surface area (Å²) in [5, 5.41) is 26.5. The van der Waals surface area contributed by atoms with Crippen LogP contribution in [0.15, 0.2) is 24.3 Å². The summed E-state index contributed by atoms with van der Waals surface area (Å²) in [6.07, 6.45) is -1.66. The Kier molecular flexibility index (Phi) is 3.90. The number of carbonyl (C=O) groups is 1. The molecule has 0 aliphatic rings. The Hall–Kier alpha value is -1.59. The normalized spacial score (nSPS) is 11.5. The zero-order valence-corrected chi connectivity index (χ0v) is 6.84. The molecule has 1 rings (SSSR count). The Morgan fingerprint density at radius 1 is 1.31 bits per heavy atom. The maximum atomic E-state index is 10.3. The lowest BCUT2D eigenvalue weighted by Crippen LogP contribution is -2.10. The summed E-state index contributed by atoms with van der Waals surface area (Å²) < 4.78 is 0. The van der Waals surface area contributed by atoms with Gasteiger partial charge in [-0.15, -0.1) is 0 Å². The molecule has 0 radical (unpaired) electrons. The summed E-state index contributed by atoms with van der Waals surface area (Å²) in [4.78, 5) is 10.3. The van der Waals surface area contributed by atoms with E-state index < -0.39 is 12.1 Å². The molecule has 72 valence electrons.